The van der Waals surface area contributed by atoms with Gasteiger partial charge in [0.05, 0.1) is 19.6 Å². The summed E-state index contributed by atoms with van der Waals surface area (Å²) in [7, 11) is 0. The second-order valence-electron chi connectivity index (χ2n) is 4.15. The largest absolute Gasteiger partial charge is 0.481 e. The highest BCUT2D eigenvalue weighted by atomic mass is 16.5. The van der Waals surface area contributed by atoms with Gasteiger partial charge < -0.3 is 20.1 Å². The summed E-state index contributed by atoms with van der Waals surface area (Å²) in [5, 5.41) is 11.4. The van der Waals surface area contributed by atoms with Crippen LogP contribution < -0.4 is 5.32 Å². The Morgan fingerprint density at radius 1 is 1.47 bits per heavy atom. The van der Waals surface area contributed by atoms with Gasteiger partial charge in [0.2, 0.25) is 0 Å². The average molecular weight is 272 g/mol. The molecule has 2 N–H and O–H groups in total. The summed E-state index contributed by atoms with van der Waals surface area (Å²) in [6, 6.07) is -0.590. The van der Waals surface area contributed by atoms with E-state index in [4.69, 9.17) is 9.84 Å². The zero-order chi connectivity index (χ0) is 14.7. The summed E-state index contributed by atoms with van der Waals surface area (Å²) in [6.45, 7) is 9.02. The summed E-state index contributed by atoms with van der Waals surface area (Å²) >= 11 is 0. The molecule has 0 saturated carbocycles. The minimum atomic E-state index is -0.911. The Kier molecular flexibility index (Phi) is 9.52. The Morgan fingerprint density at radius 3 is 2.68 bits per heavy atom. The average Bonchev–Trinajstić information content (AvgIpc) is 2.33. The molecule has 0 aromatic heterocycles. The fourth-order valence-corrected chi connectivity index (χ4v) is 1.62. The van der Waals surface area contributed by atoms with Crippen LogP contribution in [0.25, 0.3) is 0 Å². The maximum absolute atomic E-state index is 11.8. The maximum atomic E-state index is 11.8. The molecule has 0 aliphatic heterocycles. The molecule has 0 bridgehead atoms. The number of hydrogen-bond acceptors (Lipinski definition) is 3. The first kappa shape index (κ1) is 17.4. The van der Waals surface area contributed by atoms with Gasteiger partial charge in [-0.05, 0) is 20.3 Å². The molecular formula is C13H24N2O4. The molecular weight excluding hydrogens is 248 g/mol. The number of carboxylic acids is 1. The fraction of sp³-hybridized carbons (Fsp3) is 0.692. The standard InChI is InChI=1S/C13H24N2O4/c1-4-6-8-19-9-7-14-13(18)15(5-2)11(3)10-12(16)17/h4,11H,1,5-10H2,2-3H3,(H,14,18)(H,16,17). The molecule has 0 saturated heterocycles. The third-order valence-electron chi connectivity index (χ3n) is 2.59. The fourth-order valence-electron chi connectivity index (χ4n) is 1.62. The van der Waals surface area contributed by atoms with Crippen molar-refractivity contribution < 1.29 is 19.4 Å². The Balaban J connectivity index is 3.94. The predicted molar refractivity (Wildman–Crippen MR) is 73.1 cm³/mol. The van der Waals surface area contributed by atoms with Crippen LogP contribution in [0.3, 0.4) is 0 Å². The van der Waals surface area contributed by atoms with Crippen LogP contribution in [0.2, 0.25) is 0 Å². The third-order valence-corrected chi connectivity index (χ3v) is 2.59. The van der Waals surface area contributed by atoms with Crippen LogP contribution in [0.1, 0.15) is 26.7 Å². The third kappa shape index (κ3) is 8.20. The summed E-state index contributed by atoms with van der Waals surface area (Å²) in [4.78, 5) is 24.0. The van der Waals surface area contributed by atoms with E-state index in [0.29, 0.717) is 26.3 Å². The quantitative estimate of drug-likeness (QED) is 0.466. The molecule has 0 radical (unpaired) electrons. The van der Waals surface area contributed by atoms with Gasteiger partial charge in [0.1, 0.15) is 0 Å². The second-order valence-corrected chi connectivity index (χ2v) is 4.15. The highest BCUT2D eigenvalue weighted by Gasteiger charge is 2.20. The molecule has 6 nitrogen and oxygen atoms in total. The van der Waals surface area contributed by atoms with Crippen molar-refractivity contribution in [2.24, 2.45) is 0 Å². The van der Waals surface area contributed by atoms with Crippen molar-refractivity contribution in [3.63, 3.8) is 0 Å². The van der Waals surface area contributed by atoms with Crippen molar-refractivity contribution in [3.05, 3.63) is 12.7 Å². The van der Waals surface area contributed by atoms with Gasteiger partial charge in [-0.1, -0.05) is 6.08 Å². The molecule has 1 atom stereocenters. The number of carboxylic acid groups (broad SMARTS) is 1. The summed E-state index contributed by atoms with van der Waals surface area (Å²) in [6.07, 6.45) is 2.49. The number of urea groups is 1. The zero-order valence-electron chi connectivity index (χ0n) is 11.7. The number of hydrogen-bond donors (Lipinski definition) is 2. The lowest BCUT2D eigenvalue weighted by Crippen LogP contribution is -2.46. The van der Waals surface area contributed by atoms with Crippen molar-refractivity contribution in [2.45, 2.75) is 32.7 Å². The molecule has 0 heterocycles. The van der Waals surface area contributed by atoms with Crippen molar-refractivity contribution in [1.29, 1.82) is 0 Å². The maximum Gasteiger partial charge on any atom is 0.317 e. The topological polar surface area (TPSA) is 78.9 Å². The number of nitrogens with zero attached hydrogens (tertiary/aromatic N) is 1. The molecule has 19 heavy (non-hydrogen) atoms. The van der Waals surface area contributed by atoms with Crippen molar-refractivity contribution >= 4 is 12.0 Å². The number of nitrogens with one attached hydrogen (secondary N) is 1. The van der Waals surface area contributed by atoms with Gasteiger partial charge >= 0.3 is 12.0 Å². The molecule has 0 aromatic rings. The molecule has 1 unspecified atom stereocenters. The molecule has 0 fully saturated rings. The highest BCUT2D eigenvalue weighted by Crippen LogP contribution is 2.03. The van der Waals surface area contributed by atoms with E-state index >= 15 is 0 Å². The normalized spacial score (nSPS) is 11.7. The first-order chi connectivity index (χ1) is 9.02. The van der Waals surface area contributed by atoms with Gasteiger partial charge in [-0.25, -0.2) is 4.79 Å². The Bertz CT molecular complexity index is 294. The van der Waals surface area contributed by atoms with Gasteiger partial charge in [-0.3, -0.25) is 4.79 Å². The molecule has 0 spiro atoms. The van der Waals surface area contributed by atoms with Crippen LogP contribution in [0.4, 0.5) is 4.79 Å². The lowest BCUT2D eigenvalue weighted by molar-refractivity contribution is -0.138. The Morgan fingerprint density at radius 2 is 2.16 bits per heavy atom. The molecule has 110 valence electrons. The summed E-state index contributed by atoms with van der Waals surface area (Å²) < 4.78 is 5.26. The van der Waals surface area contributed by atoms with E-state index in [-0.39, 0.29) is 18.5 Å². The van der Waals surface area contributed by atoms with Crippen LogP contribution in [0.15, 0.2) is 12.7 Å². The smallest absolute Gasteiger partial charge is 0.317 e. The molecule has 6 heteroatoms. The van der Waals surface area contributed by atoms with E-state index in [9.17, 15) is 9.59 Å². The lowest BCUT2D eigenvalue weighted by atomic mass is 10.2. The molecule has 0 aliphatic rings. The molecule has 2 amide bonds. The van der Waals surface area contributed by atoms with Crippen LogP contribution >= 0.6 is 0 Å². The van der Waals surface area contributed by atoms with Crippen LogP contribution in [0.5, 0.6) is 0 Å². The van der Waals surface area contributed by atoms with E-state index in [2.05, 4.69) is 11.9 Å². The van der Waals surface area contributed by atoms with Gasteiger partial charge in [0.15, 0.2) is 0 Å². The summed E-state index contributed by atoms with van der Waals surface area (Å²) in [5.41, 5.74) is 0. The number of ether oxygens (including phenoxy) is 1. The van der Waals surface area contributed by atoms with Gasteiger partial charge in [-0.15, -0.1) is 6.58 Å². The molecule has 0 aromatic carbocycles. The SMILES string of the molecule is C=CCCOCCNC(=O)N(CC)C(C)CC(=O)O. The first-order valence-electron chi connectivity index (χ1n) is 6.47. The van der Waals surface area contributed by atoms with E-state index in [1.54, 1.807) is 13.0 Å². The number of rotatable bonds is 10. The number of carbonyl (C=O) groups is 2. The van der Waals surface area contributed by atoms with E-state index in [1.807, 2.05) is 6.92 Å². The van der Waals surface area contributed by atoms with Crippen LogP contribution in [-0.2, 0) is 9.53 Å². The second kappa shape index (κ2) is 10.4. The van der Waals surface area contributed by atoms with Gasteiger partial charge in [0.25, 0.3) is 0 Å². The van der Waals surface area contributed by atoms with E-state index < -0.39 is 5.97 Å². The predicted octanol–water partition coefficient (Wildman–Crippen LogP) is 1.47. The Labute approximate surface area is 114 Å². The zero-order valence-corrected chi connectivity index (χ0v) is 11.7. The minimum absolute atomic E-state index is 0.0584. The van der Waals surface area contributed by atoms with Gasteiger partial charge in [-0.2, -0.15) is 0 Å². The van der Waals surface area contributed by atoms with Gasteiger partial charge in [0, 0.05) is 19.1 Å². The molecule has 0 aliphatic carbocycles. The first-order valence-corrected chi connectivity index (χ1v) is 6.47. The molecule has 0 rings (SSSR count). The highest BCUT2D eigenvalue weighted by molar-refractivity contribution is 5.75. The monoisotopic (exact) mass is 272 g/mol. The summed E-state index contributed by atoms with van der Waals surface area (Å²) in [5.74, 6) is -0.911. The van der Waals surface area contributed by atoms with Crippen molar-refractivity contribution in [2.75, 3.05) is 26.3 Å². The van der Waals surface area contributed by atoms with Crippen molar-refractivity contribution in [1.82, 2.24) is 10.2 Å². The minimum Gasteiger partial charge on any atom is -0.481 e. The number of amides is 2. The lowest BCUT2D eigenvalue weighted by Gasteiger charge is -2.27. The van der Waals surface area contributed by atoms with E-state index in [0.717, 1.165) is 6.42 Å². The van der Waals surface area contributed by atoms with E-state index in [1.165, 1.54) is 4.90 Å². The van der Waals surface area contributed by atoms with Crippen LogP contribution in [-0.4, -0.2) is 54.4 Å². The van der Waals surface area contributed by atoms with Crippen LogP contribution in [0, 0.1) is 0 Å². The number of carbonyl (C=O) groups excluding carboxylic acids is 1. The van der Waals surface area contributed by atoms with Crippen molar-refractivity contribution in [3.8, 4) is 0 Å². The Hall–Kier alpha value is -1.56. The number of aliphatic carboxylic acids is 1.